The van der Waals surface area contributed by atoms with Crippen LogP contribution in [0, 0.1) is 11.2 Å². The van der Waals surface area contributed by atoms with Gasteiger partial charge in [-0.3, -0.25) is 4.79 Å². The minimum absolute atomic E-state index is 0.118. The van der Waals surface area contributed by atoms with Crippen LogP contribution in [0.4, 0.5) is 4.39 Å². The fraction of sp³-hybridized carbons (Fsp3) is 0.360. The van der Waals surface area contributed by atoms with Crippen LogP contribution in [0.5, 0.6) is 5.75 Å². The third-order valence-corrected chi connectivity index (χ3v) is 6.43. The molecule has 1 heterocycles. The van der Waals surface area contributed by atoms with Gasteiger partial charge in [0.05, 0.1) is 11.1 Å². The molecule has 162 valence electrons. The molecule has 0 amide bonds. The van der Waals surface area contributed by atoms with E-state index in [1.165, 1.54) is 0 Å². The van der Waals surface area contributed by atoms with Crippen molar-refractivity contribution in [2.45, 2.75) is 33.1 Å². The van der Waals surface area contributed by atoms with Gasteiger partial charge in [-0.25, -0.2) is 4.39 Å². The van der Waals surface area contributed by atoms with Gasteiger partial charge in [0.15, 0.2) is 11.6 Å². The number of H-pyrrole nitrogens is 1. The molecule has 0 saturated carbocycles. The maximum Gasteiger partial charge on any atom is 0.195 e. The molecule has 0 radical (unpaired) electrons. The Bertz CT molecular complexity index is 1180. The van der Waals surface area contributed by atoms with Crippen molar-refractivity contribution in [2.75, 3.05) is 26.2 Å². The van der Waals surface area contributed by atoms with Crippen LogP contribution in [0.15, 0.2) is 30.3 Å². The van der Waals surface area contributed by atoms with E-state index in [0.717, 1.165) is 37.2 Å². The van der Waals surface area contributed by atoms with Gasteiger partial charge in [-0.15, -0.1) is 0 Å². The number of nitrogens with one attached hydrogen (secondary N) is 2. The highest BCUT2D eigenvalue weighted by Gasteiger charge is 2.40. The smallest absolute Gasteiger partial charge is 0.195 e. The van der Waals surface area contributed by atoms with Gasteiger partial charge in [-0.2, -0.15) is 0 Å². The molecular formula is C25H28FN3O2. The number of aromatic nitrogens is 1. The van der Waals surface area contributed by atoms with E-state index in [2.05, 4.69) is 23.7 Å². The standard InChI is InChI=1S/C25H28FN3O2/c1-5-29(6-2)11-12-31-16-8-10-17-19(13-16)25(3,4)24-20(23(17)30)18-9-7-15(14-27)21(26)22(18)28-24/h7-10,13-14,27-28H,5-6,11-12H2,1-4H3. The molecule has 0 saturated heterocycles. The number of halogens is 1. The van der Waals surface area contributed by atoms with E-state index >= 15 is 0 Å². The number of hydrogen-bond donors (Lipinski definition) is 2. The quantitative estimate of drug-likeness (QED) is 0.534. The SMILES string of the molecule is CCN(CC)CCOc1ccc2c(c1)C(C)(C)c1[nH]c3c(F)c(C=N)ccc3c1C2=O. The maximum absolute atomic E-state index is 14.9. The van der Waals surface area contributed by atoms with E-state index in [4.69, 9.17) is 10.1 Å². The second-order valence-electron chi connectivity index (χ2n) is 8.45. The van der Waals surface area contributed by atoms with Crippen LogP contribution in [0.2, 0.25) is 0 Å². The first-order chi connectivity index (χ1) is 14.8. The third-order valence-electron chi connectivity index (χ3n) is 6.43. The Balaban J connectivity index is 1.74. The highest BCUT2D eigenvalue weighted by molar-refractivity contribution is 6.20. The number of aromatic amines is 1. The molecule has 31 heavy (non-hydrogen) atoms. The first-order valence-corrected chi connectivity index (χ1v) is 10.7. The molecule has 1 aromatic heterocycles. The molecule has 2 N–H and O–H groups in total. The summed E-state index contributed by atoms with van der Waals surface area (Å²) in [5.74, 6) is 0.103. The van der Waals surface area contributed by atoms with Crippen molar-refractivity contribution in [3.63, 3.8) is 0 Å². The molecule has 0 aliphatic heterocycles. The van der Waals surface area contributed by atoms with Gasteiger partial charge in [-0.1, -0.05) is 33.8 Å². The monoisotopic (exact) mass is 421 g/mol. The molecule has 0 atom stereocenters. The molecule has 0 bridgehead atoms. The Morgan fingerprint density at radius 2 is 1.94 bits per heavy atom. The lowest BCUT2D eigenvalue weighted by atomic mass is 9.71. The van der Waals surface area contributed by atoms with E-state index in [1.54, 1.807) is 12.1 Å². The topological polar surface area (TPSA) is 69.2 Å². The molecule has 1 aliphatic carbocycles. The van der Waals surface area contributed by atoms with Crippen molar-refractivity contribution < 1.29 is 13.9 Å². The number of ketones is 1. The molecule has 4 rings (SSSR count). The zero-order valence-electron chi connectivity index (χ0n) is 18.4. The highest BCUT2D eigenvalue weighted by atomic mass is 19.1. The normalized spacial score (nSPS) is 14.6. The number of carbonyl (C=O) groups is 1. The van der Waals surface area contributed by atoms with Gasteiger partial charge in [0, 0.05) is 40.4 Å². The third kappa shape index (κ3) is 3.35. The Kier molecular flexibility index (Phi) is 5.43. The van der Waals surface area contributed by atoms with E-state index in [9.17, 15) is 9.18 Å². The summed E-state index contributed by atoms with van der Waals surface area (Å²) in [7, 11) is 0. The van der Waals surface area contributed by atoms with Gasteiger partial charge in [0.1, 0.15) is 12.4 Å². The Hall–Kier alpha value is -2.99. The predicted octanol–water partition coefficient (Wildman–Crippen LogP) is 4.90. The predicted molar refractivity (Wildman–Crippen MR) is 121 cm³/mol. The minimum Gasteiger partial charge on any atom is -0.492 e. The molecule has 3 aromatic rings. The summed E-state index contributed by atoms with van der Waals surface area (Å²) < 4.78 is 20.9. The van der Waals surface area contributed by atoms with Crippen LogP contribution in [0.25, 0.3) is 10.9 Å². The molecule has 2 aromatic carbocycles. The molecule has 5 nitrogen and oxygen atoms in total. The first kappa shape index (κ1) is 21.2. The molecule has 6 heteroatoms. The van der Waals surface area contributed by atoms with Crippen molar-refractivity contribution in [2.24, 2.45) is 0 Å². The number of fused-ring (bicyclic) bond motifs is 4. The van der Waals surface area contributed by atoms with E-state index in [-0.39, 0.29) is 16.9 Å². The first-order valence-electron chi connectivity index (χ1n) is 10.7. The van der Waals surface area contributed by atoms with E-state index in [0.29, 0.717) is 28.8 Å². The Morgan fingerprint density at radius 1 is 1.19 bits per heavy atom. The van der Waals surface area contributed by atoms with Crippen LogP contribution >= 0.6 is 0 Å². The summed E-state index contributed by atoms with van der Waals surface area (Å²) in [6, 6.07) is 8.85. The summed E-state index contributed by atoms with van der Waals surface area (Å²) in [4.78, 5) is 18.9. The van der Waals surface area contributed by atoms with Gasteiger partial charge >= 0.3 is 0 Å². The summed E-state index contributed by atoms with van der Waals surface area (Å²) in [6.07, 6.45) is 0.984. The fourth-order valence-electron chi connectivity index (χ4n) is 4.49. The molecular weight excluding hydrogens is 393 g/mol. The van der Waals surface area contributed by atoms with Gasteiger partial charge < -0.3 is 20.0 Å². The highest BCUT2D eigenvalue weighted by Crippen LogP contribution is 2.45. The average molecular weight is 422 g/mol. The lowest BCUT2D eigenvalue weighted by Crippen LogP contribution is -2.30. The van der Waals surface area contributed by atoms with Crippen LogP contribution in [-0.4, -0.2) is 48.1 Å². The number of ether oxygens (including phenoxy) is 1. The van der Waals surface area contributed by atoms with Crippen LogP contribution < -0.4 is 4.74 Å². The van der Waals surface area contributed by atoms with Crippen molar-refractivity contribution in [3.05, 3.63) is 64.1 Å². The number of rotatable bonds is 7. The average Bonchev–Trinajstić information content (AvgIpc) is 3.17. The number of benzene rings is 2. The largest absolute Gasteiger partial charge is 0.492 e. The Morgan fingerprint density at radius 3 is 2.61 bits per heavy atom. The lowest BCUT2D eigenvalue weighted by molar-refractivity contribution is 0.103. The fourth-order valence-corrected chi connectivity index (χ4v) is 4.49. The summed E-state index contributed by atoms with van der Waals surface area (Å²) in [5.41, 5.74) is 2.62. The zero-order valence-corrected chi connectivity index (χ0v) is 18.4. The van der Waals surface area contributed by atoms with Crippen LogP contribution in [0.1, 0.15) is 60.4 Å². The molecule has 0 fully saturated rings. The summed E-state index contributed by atoms with van der Waals surface area (Å²) in [6.45, 7) is 11.7. The second-order valence-corrected chi connectivity index (χ2v) is 8.45. The van der Waals surface area contributed by atoms with Gasteiger partial charge in [0.25, 0.3) is 0 Å². The number of hydrogen-bond acceptors (Lipinski definition) is 4. The number of likely N-dealkylation sites (N-methyl/N-ethyl adjacent to an activating group) is 1. The van der Waals surface area contributed by atoms with E-state index < -0.39 is 11.2 Å². The number of carbonyl (C=O) groups excluding carboxylic acids is 1. The van der Waals surface area contributed by atoms with Gasteiger partial charge in [-0.05, 0) is 42.9 Å². The lowest BCUT2D eigenvalue weighted by Gasteiger charge is -2.32. The zero-order chi connectivity index (χ0) is 22.3. The molecule has 0 spiro atoms. The van der Waals surface area contributed by atoms with Crippen LogP contribution in [-0.2, 0) is 5.41 Å². The van der Waals surface area contributed by atoms with Gasteiger partial charge in [0.2, 0.25) is 0 Å². The van der Waals surface area contributed by atoms with Crippen molar-refractivity contribution in [1.82, 2.24) is 9.88 Å². The molecule has 1 aliphatic rings. The summed E-state index contributed by atoms with van der Waals surface area (Å²) in [5, 5.41) is 7.97. The molecule has 0 unspecified atom stereocenters. The second kappa shape index (κ2) is 7.93. The maximum atomic E-state index is 14.9. The Labute approximate surface area is 181 Å². The van der Waals surface area contributed by atoms with Crippen molar-refractivity contribution >= 4 is 22.9 Å². The van der Waals surface area contributed by atoms with E-state index in [1.807, 2.05) is 32.0 Å². The van der Waals surface area contributed by atoms with Crippen molar-refractivity contribution in [1.29, 1.82) is 5.41 Å². The summed E-state index contributed by atoms with van der Waals surface area (Å²) >= 11 is 0. The minimum atomic E-state index is -0.535. The van der Waals surface area contributed by atoms with Crippen molar-refractivity contribution in [3.8, 4) is 5.75 Å². The number of nitrogens with zero attached hydrogens (tertiary/aromatic N) is 1. The van der Waals surface area contributed by atoms with Crippen LogP contribution in [0.3, 0.4) is 0 Å².